The van der Waals surface area contributed by atoms with Crippen molar-refractivity contribution in [1.29, 1.82) is 0 Å². The molecule has 0 atom stereocenters. The lowest BCUT2D eigenvalue weighted by atomic mass is 9.67. The Morgan fingerprint density at radius 3 is 1.22 bits per heavy atom. The van der Waals surface area contributed by atoms with Crippen molar-refractivity contribution in [2.45, 2.75) is 30.4 Å². The number of hydrogen-bond acceptors (Lipinski definition) is 3. The van der Waals surface area contributed by atoms with E-state index in [0.29, 0.717) is 0 Å². The maximum atomic E-state index is 2.53. The second kappa shape index (κ2) is 14.1. The normalized spacial score (nSPS) is 14.6. The maximum absolute atomic E-state index is 2.53. The Morgan fingerprint density at radius 1 is 0.262 bits per heavy atom. The van der Waals surface area contributed by atoms with Gasteiger partial charge in [-0.2, -0.15) is 0 Å². The SMILES string of the molecule is c1ccc(-c2ccccc2N(c2ccc3c(c2)-c2ccccc2C32c3ccccc3Sc3ccccc32)c2ccc3c(c2)C2(c4ccccc4Sc4ccccc42)c2ccccc2-3)cc1. The number of fused-ring (bicyclic) bond motifs is 18. The minimum absolute atomic E-state index is 0.443. The maximum Gasteiger partial charge on any atom is 0.0736 e. The lowest BCUT2D eigenvalue weighted by Gasteiger charge is -2.40. The zero-order valence-electron chi connectivity index (χ0n) is 35.3. The highest BCUT2D eigenvalue weighted by Gasteiger charge is 2.52. The van der Waals surface area contributed by atoms with Gasteiger partial charge < -0.3 is 4.90 Å². The molecule has 3 heteroatoms. The zero-order valence-corrected chi connectivity index (χ0v) is 36.9. The predicted molar refractivity (Wildman–Crippen MR) is 269 cm³/mol. The van der Waals surface area contributed by atoms with Crippen LogP contribution in [0.5, 0.6) is 0 Å². The van der Waals surface area contributed by atoms with Crippen LogP contribution in [0.15, 0.2) is 256 Å². The van der Waals surface area contributed by atoms with E-state index in [2.05, 4.69) is 241 Å². The molecular formula is C62H39NS2. The van der Waals surface area contributed by atoms with E-state index in [9.17, 15) is 0 Å². The van der Waals surface area contributed by atoms with Crippen LogP contribution in [0.1, 0.15) is 44.5 Å². The highest BCUT2D eigenvalue weighted by atomic mass is 32.2. The van der Waals surface area contributed by atoms with Gasteiger partial charge in [-0.05, 0) is 127 Å². The largest absolute Gasteiger partial charge is 0.310 e. The Labute approximate surface area is 388 Å². The number of nitrogens with zero attached hydrogens (tertiary/aromatic N) is 1. The molecule has 10 aromatic carbocycles. The molecule has 0 aromatic heterocycles. The Bertz CT molecular complexity index is 3500. The van der Waals surface area contributed by atoms with Gasteiger partial charge in [-0.15, -0.1) is 0 Å². The molecule has 4 aliphatic rings. The van der Waals surface area contributed by atoms with Crippen LogP contribution < -0.4 is 4.90 Å². The lowest BCUT2D eigenvalue weighted by molar-refractivity contribution is 0.722. The third-order valence-electron chi connectivity index (χ3n) is 14.4. The molecule has 10 aromatic rings. The predicted octanol–water partition coefficient (Wildman–Crippen LogP) is 16.5. The Morgan fingerprint density at radius 2 is 0.646 bits per heavy atom. The molecular weight excluding hydrogens is 823 g/mol. The Balaban J connectivity index is 1.05. The van der Waals surface area contributed by atoms with Gasteiger partial charge >= 0.3 is 0 Å². The fourth-order valence-electron chi connectivity index (χ4n) is 11.9. The van der Waals surface area contributed by atoms with Crippen LogP contribution in [0.25, 0.3) is 33.4 Å². The molecule has 0 saturated heterocycles. The molecule has 0 bridgehead atoms. The van der Waals surface area contributed by atoms with Gasteiger partial charge in [0.15, 0.2) is 0 Å². The quantitative estimate of drug-likeness (QED) is 0.174. The molecule has 0 saturated carbocycles. The van der Waals surface area contributed by atoms with Crippen molar-refractivity contribution >= 4 is 40.6 Å². The summed E-state index contributed by atoms with van der Waals surface area (Å²) in [5.41, 5.74) is 20.7. The standard InChI is InChI=1S/C62H39NS2/c1-2-18-40(19-3-1)43-20-6-13-29-56(43)63(41-35-37-50-47(38-41)45-22-5-8-24-49(45)61(50)51-25-9-14-30-57(51)64-58-31-15-10-26-52(58)61)42-34-36-46-44-21-4-7-23-48(44)62(55(46)39-42)53-27-11-16-32-59(53)65-60-33-17-12-28-54(60)62/h1-39H. The summed E-state index contributed by atoms with van der Waals surface area (Å²) in [4.78, 5) is 7.77. The molecule has 0 unspecified atom stereocenters. The van der Waals surface area contributed by atoms with Crippen molar-refractivity contribution in [3.63, 3.8) is 0 Å². The molecule has 0 radical (unpaired) electrons. The van der Waals surface area contributed by atoms with Crippen LogP contribution in [0, 0.1) is 0 Å². The molecule has 0 fully saturated rings. The molecule has 2 aliphatic carbocycles. The minimum Gasteiger partial charge on any atom is -0.310 e. The van der Waals surface area contributed by atoms with E-state index in [1.165, 1.54) is 97.5 Å². The van der Waals surface area contributed by atoms with Gasteiger partial charge in [-0.1, -0.05) is 206 Å². The van der Waals surface area contributed by atoms with Crippen molar-refractivity contribution in [3.05, 3.63) is 281 Å². The first-order chi connectivity index (χ1) is 32.2. The van der Waals surface area contributed by atoms with E-state index in [-0.39, 0.29) is 0 Å². The Kier molecular flexibility index (Phi) is 8.05. The summed E-state index contributed by atoms with van der Waals surface area (Å²) in [7, 11) is 0. The fourth-order valence-corrected chi connectivity index (χ4v) is 14.3. The van der Waals surface area contributed by atoms with Crippen LogP contribution in [0.4, 0.5) is 17.1 Å². The number of hydrogen-bond donors (Lipinski definition) is 0. The van der Waals surface area contributed by atoms with Crippen LogP contribution >= 0.6 is 23.5 Å². The first kappa shape index (κ1) is 37.1. The van der Waals surface area contributed by atoms with Crippen molar-refractivity contribution in [3.8, 4) is 33.4 Å². The topological polar surface area (TPSA) is 3.24 Å². The summed E-state index contributed by atoms with van der Waals surface area (Å²) in [6, 6.07) is 89.0. The van der Waals surface area contributed by atoms with E-state index < -0.39 is 10.8 Å². The third kappa shape index (κ3) is 5.03. The number of rotatable bonds is 4. The molecule has 1 nitrogen and oxygen atoms in total. The van der Waals surface area contributed by atoms with E-state index in [1.807, 2.05) is 23.5 Å². The smallest absolute Gasteiger partial charge is 0.0736 e. The van der Waals surface area contributed by atoms with Crippen LogP contribution in [0.3, 0.4) is 0 Å². The summed E-state index contributed by atoms with van der Waals surface area (Å²) in [6.07, 6.45) is 0. The minimum atomic E-state index is -0.492. The van der Waals surface area contributed by atoms with Gasteiger partial charge in [-0.3, -0.25) is 0 Å². The molecule has 2 aliphatic heterocycles. The highest BCUT2D eigenvalue weighted by Crippen LogP contribution is 2.65. The second-order valence-corrected chi connectivity index (χ2v) is 19.6. The lowest BCUT2D eigenvalue weighted by Crippen LogP contribution is -2.32. The highest BCUT2D eigenvalue weighted by molar-refractivity contribution is 7.99. The van der Waals surface area contributed by atoms with Gasteiger partial charge in [0.1, 0.15) is 0 Å². The second-order valence-electron chi connectivity index (χ2n) is 17.5. The average Bonchev–Trinajstić information content (AvgIpc) is 3.82. The van der Waals surface area contributed by atoms with Gasteiger partial charge in [0, 0.05) is 36.5 Å². The van der Waals surface area contributed by atoms with Crippen molar-refractivity contribution in [1.82, 2.24) is 0 Å². The fraction of sp³-hybridized carbons (Fsp3) is 0.0323. The molecule has 14 rings (SSSR count). The summed E-state index contributed by atoms with van der Waals surface area (Å²) in [6.45, 7) is 0. The number of benzene rings is 10. The number of para-hydroxylation sites is 1. The van der Waals surface area contributed by atoms with E-state index >= 15 is 0 Å². The van der Waals surface area contributed by atoms with Crippen molar-refractivity contribution < 1.29 is 0 Å². The van der Waals surface area contributed by atoms with Crippen LogP contribution in [-0.4, -0.2) is 0 Å². The molecule has 2 heterocycles. The first-order valence-corrected chi connectivity index (χ1v) is 24.0. The summed E-state index contributed by atoms with van der Waals surface area (Å²) < 4.78 is 0. The van der Waals surface area contributed by atoms with Crippen LogP contribution in [-0.2, 0) is 10.8 Å². The average molecular weight is 862 g/mol. The van der Waals surface area contributed by atoms with E-state index in [0.717, 1.165) is 17.1 Å². The summed E-state index contributed by atoms with van der Waals surface area (Å²) in [5, 5.41) is 0. The van der Waals surface area contributed by atoms with Crippen LogP contribution in [0.2, 0.25) is 0 Å². The molecule has 2 spiro atoms. The van der Waals surface area contributed by atoms with Gasteiger partial charge in [0.05, 0.1) is 16.5 Å². The van der Waals surface area contributed by atoms with E-state index in [1.54, 1.807) is 0 Å². The molecule has 304 valence electrons. The number of anilines is 3. The molecule has 0 amide bonds. The summed E-state index contributed by atoms with van der Waals surface area (Å²) in [5.74, 6) is 0. The Hall–Kier alpha value is -7.30. The zero-order chi connectivity index (χ0) is 42.7. The summed E-state index contributed by atoms with van der Waals surface area (Å²) >= 11 is 3.78. The van der Waals surface area contributed by atoms with Crippen molar-refractivity contribution in [2.75, 3.05) is 4.90 Å². The molecule has 65 heavy (non-hydrogen) atoms. The van der Waals surface area contributed by atoms with E-state index in [4.69, 9.17) is 0 Å². The van der Waals surface area contributed by atoms with Gasteiger partial charge in [-0.25, -0.2) is 0 Å². The first-order valence-electron chi connectivity index (χ1n) is 22.4. The van der Waals surface area contributed by atoms with Gasteiger partial charge in [0.25, 0.3) is 0 Å². The van der Waals surface area contributed by atoms with Crippen molar-refractivity contribution in [2.24, 2.45) is 0 Å². The van der Waals surface area contributed by atoms with Gasteiger partial charge in [0.2, 0.25) is 0 Å². The molecule has 0 N–H and O–H groups in total. The third-order valence-corrected chi connectivity index (χ3v) is 16.7. The monoisotopic (exact) mass is 861 g/mol.